The fraction of sp³-hybridized carbons (Fsp3) is 0.500. The highest BCUT2D eigenvalue weighted by Gasteiger charge is 2.38. The maximum absolute atomic E-state index is 10.9. The van der Waals surface area contributed by atoms with Crippen molar-refractivity contribution >= 4 is 21.8 Å². The average Bonchev–Trinajstić information content (AvgIpc) is 1.97. The Balaban J connectivity index is 2.54. The van der Waals surface area contributed by atoms with Crippen LogP contribution in [-0.2, 0) is 4.79 Å². The van der Waals surface area contributed by atoms with Crippen molar-refractivity contribution in [3.63, 3.8) is 0 Å². The van der Waals surface area contributed by atoms with Crippen molar-refractivity contribution in [2.75, 3.05) is 0 Å². The second-order valence-corrected chi connectivity index (χ2v) is 3.12. The molecule has 0 atom stereocenters. The standard InChI is InChI=1S/C8H7BrN2O/c9-5-2-7(12)11-8(6-10)3-1-4-8/h1,3-4H2,(H,11,12). The molecule has 1 aliphatic rings. The Morgan fingerprint density at radius 1 is 1.58 bits per heavy atom. The van der Waals surface area contributed by atoms with Crippen molar-refractivity contribution < 1.29 is 4.79 Å². The van der Waals surface area contributed by atoms with Gasteiger partial charge in [0.25, 0.3) is 5.91 Å². The summed E-state index contributed by atoms with van der Waals surface area (Å²) in [5.41, 5.74) is -0.631. The molecule has 62 valence electrons. The molecule has 0 aromatic heterocycles. The minimum absolute atomic E-state index is 0.395. The molecule has 1 amide bonds. The van der Waals surface area contributed by atoms with Crippen LogP contribution in [0.4, 0.5) is 0 Å². The van der Waals surface area contributed by atoms with E-state index in [1.807, 2.05) is 0 Å². The second-order valence-electron chi connectivity index (χ2n) is 2.72. The molecule has 0 unspecified atom stereocenters. The van der Waals surface area contributed by atoms with Crippen LogP contribution in [0.15, 0.2) is 0 Å². The molecule has 0 bridgehead atoms. The molecule has 1 aliphatic carbocycles. The number of rotatable bonds is 1. The molecule has 0 spiro atoms. The van der Waals surface area contributed by atoms with E-state index in [0.717, 1.165) is 19.3 Å². The molecular weight excluding hydrogens is 220 g/mol. The summed E-state index contributed by atoms with van der Waals surface area (Å²) < 4.78 is 0. The summed E-state index contributed by atoms with van der Waals surface area (Å²) in [5.74, 6) is 1.87. The summed E-state index contributed by atoms with van der Waals surface area (Å²) in [4.78, 5) is 13.2. The van der Waals surface area contributed by atoms with Crippen LogP contribution in [0.2, 0.25) is 0 Å². The Morgan fingerprint density at radius 2 is 2.25 bits per heavy atom. The largest absolute Gasteiger partial charge is 0.327 e. The van der Waals surface area contributed by atoms with E-state index in [1.54, 1.807) is 0 Å². The zero-order valence-electron chi connectivity index (χ0n) is 6.35. The molecule has 0 aromatic carbocycles. The van der Waals surface area contributed by atoms with E-state index in [0.29, 0.717) is 0 Å². The number of nitriles is 1. The molecule has 1 saturated carbocycles. The molecule has 1 rings (SSSR count). The van der Waals surface area contributed by atoms with Crippen molar-refractivity contribution in [2.45, 2.75) is 24.8 Å². The van der Waals surface area contributed by atoms with E-state index in [9.17, 15) is 4.79 Å². The van der Waals surface area contributed by atoms with Gasteiger partial charge in [0, 0.05) is 21.9 Å². The molecule has 1 fully saturated rings. The van der Waals surface area contributed by atoms with Crippen LogP contribution >= 0.6 is 15.9 Å². The lowest BCUT2D eigenvalue weighted by Crippen LogP contribution is -2.52. The molecule has 0 aliphatic heterocycles. The number of halogens is 1. The predicted molar refractivity (Wildman–Crippen MR) is 47.0 cm³/mol. The van der Waals surface area contributed by atoms with Crippen molar-refractivity contribution in [1.82, 2.24) is 5.32 Å². The maximum Gasteiger partial charge on any atom is 0.298 e. The van der Waals surface area contributed by atoms with Crippen LogP contribution in [0.5, 0.6) is 0 Å². The second kappa shape index (κ2) is 3.60. The topological polar surface area (TPSA) is 52.9 Å². The first-order valence-corrected chi connectivity index (χ1v) is 4.37. The molecule has 0 saturated heterocycles. The van der Waals surface area contributed by atoms with Crippen LogP contribution in [0.25, 0.3) is 0 Å². The Labute approximate surface area is 79.3 Å². The molecule has 3 nitrogen and oxygen atoms in total. The molecule has 0 radical (unpaired) electrons. The number of carbonyl (C=O) groups excluding carboxylic acids is 1. The van der Waals surface area contributed by atoms with Crippen LogP contribution in [0.3, 0.4) is 0 Å². The number of hydrogen-bond donors (Lipinski definition) is 1. The van der Waals surface area contributed by atoms with Gasteiger partial charge in [0.1, 0.15) is 5.54 Å². The van der Waals surface area contributed by atoms with Crippen LogP contribution in [0, 0.1) is 22.1 Å². The van der Waals surface area contributed by atoms with E-state index in [-0.39, 0.29) is 0 Å². The monoisotopic (exact) mass is 226 g/mol. The summed E-state index contributed by atoms with van der Waals surface area (Å²) in [6.07, 6.45) is 2.47. The lowest BCUT2D eigenvalue weighted by Gasteiger charge is -2.34. The Kier molecular flexibility index (Phi) is 2.73. The summed E-state index contributed by atoms with van der Waals surface area (Å²) in [6, 6.07) is 2.09. The lowest BCUT2D eigenvalue weighted by molar-refractivity contribution is -0.117. The Morgan fingerprint density at radius 3 is 2.58 bits per heavy atom. The third kappa shape index (κ3) is 1.78. The number of nitrogens with one attached hydrogen (secondary N) is 1. The average molecular weight is 227 g/mol. The number of amides is 1. The Hall–Kier alpha value is -1.00. The van der Waals surface area contributed by atoms with Crippen molar-refractivity contribution in [3.05, 3.63) is 0 Å². The van der Waals surface area contributed by atoms with Gasteiger partial charge in [0.05, 0.1) is 6.07 Å². The predicted octanol–water partition coefficient (Wildman–Crippen LogP) is 0.905. The van der Waals surface area contributed by atoms with E-state index < -0.39 is 11.4 Å². The van der Waals surface area contributed by atoms with Gasteiger partial charge in [-0.15, -0.1) is 0 Å². The number of hydrogen-bond acceptors (Lipinski definition) is 2. The zero-order valence-corrected chi connectivity index (χ0v) is 7.94. The van der Waals surface area contributed by atoms with Gasteiger partial charge in [0.15, 0.2) is 0 Å². The Bertz CT molecular complexity index is 290. The van der Waals surface area contributed by atoms with Crippen LogP contribution in [-0.4, -0.2) is 11.4 Å². The smallest absolute Gasteiger partial charge is 0.298 e. The highest BCUT2D eigenvalue weighted by molar-refractivity contribution is 9.12. The first-order chi connectivity index (χ1) is 5.72. The number of carbonyl (C=O) groups is 1. The molecular formula is C8H7BrN2O. The van der Waals surface area contributed by atoms with Gasteiger partial charge in [-0.1, -0.05) is 0 Å². The first-order valence-electron chi connectivity index (χ1n) is 3.57. The lowest BCUT2D eigenvalue weighted by atomic mass is 9.78. The molecule has 12 heavy (non-hydrogen) atoms. The first kappa shape index (κ1) is 9.09. The SMILES string of the molecule is N#CC1(NC(=O)C#CBr)CCC1. The normalized spacial score (nSPS) is 17.7. The highest BCUT2D eigenvalue weighted by atomic mass is 79.9. The minimum atomic E-state index is -0.631. The van der Waals surface area contributed by atoms with Gasteiger partial charge in [-0.05, 0) is 24.1 Å². The van der Waals surface area contributed by atoms with E-state index in [2.05, 4.69) is 38.1 Å². The third-order valence-electron chi connectivity index (χ3n) is 1.93. The van der Waals surface area contributed by atoms with Crippen molar-refractivity contribution in [2.24, 2.45) is 0 Å². The summed E-state index contributed by atoms with van der Waals surface area (Å²) in [5, 5.41) is 11.3. The van der Waals surface area contributed by atoms with Gasteiger partial charge in [0.2, 0.25) is 0 Å². The van der Waals surface area contributed by atoms with E-state index in [4.69, 9.17) is 5.26 Å². The van der Waals surface area contributed by atoms with E-state index >= 15 is 0 Å². The molecule has 4 heteroatoms. The zero-order chi connectivity index (χ0) is 9.03. The summed E-state index contributed by atoms with van der Waals surface area (Å²) in [6.45, 7) is 0. The molecule has 0 aromatic rings. The van der Waals surface area contributed by atoms with Crippen LogP contribution in [0.1, 0.15) is 19.3 Å². The van der Waals surface area contributed by atoms with Crippen molar-refractivity contribution in [1.29, 1.82) is 5.26 Å². The maximum atomic E-state index is 10.9. The van der Waals surface area contributed by atoms with Crippen molar-refractivity contribution in [3.8, 4) is 16.8 Å². The fourth-order valence-electron chi connectivity index (χ4n) is 1.09. The van der Waals surface area contributed by atoms with Gasteiger partial charge < -0.3 is 5.32 Å². The number of nitrogens with zero attached hydrogens (tertiary/aromatic N) is 1. The van der Waals surface area contributed by atoms with Gasteiger partial charge >= 0.3 is 0 Å². The minimum Gasteiger partial charge on any atom is -0.327 e. The third-order valence-corrected chi connectivity index (χ3v) is 2.13. The molecule has 0 heterocycles. The van der Waals surface area contributed by atoms with E-state index in [1.165, 1.54) is 0 Å². The summed E-state index contributed by atoms with van der Waals surface area (Å²) >= 11 is 2.81. The quantitative estimate of drug-likeness (QED) is 0.676. The fourth-order valence-corrected chi connectivity index (χ4v) is 1.27. The molecule has 1 N–H and O–H groups in total. The summed E-state index contributed by atoms with van der Waals surface area (Å²) in [7, 11) is 0. The highest BCUT2D eigenvalue weighted by Crippen LogP contribution is 2.30. The van der Waals surface area contributed by atoms with Gasteiger partial charge in [-0.3, -0.25) is 4.79 Å². The van der Waals surface area contributed by atoms with Gasteiger partial charge in [-0.25, -0.2) is 0 Å². The van der Waals surface area contributed by atoms with Gasteiger partial charge in [-0.2, -0.15) is 5.26 Å². The van der Waals surface area contributed by atoms with Crippen LogP contribution < -0.4 is 5.32 Å².